The molecule has 0 bridgehead atoms. The standard InChI is InChI=1S/C13H17Cl3N2O3/c1-9(2)18(20)12(19)17-11(13(14,15)16)21-8-10-6-4-3-5-7-10/h3-7,9,11,20H,8H2,1-2H3,(H,17,19). The highest BCUT2D eigenvalue weighted by atomic mass is 35.6. The normalized spacial score (nSPS) is 13.1. The molecule has 2 amide bonds. The van der Waals surface area contributed by atoms with Gasteiger partial charge in [0.25, 0.3) is 0 Å². The molecule has 0 aliphatic rings. The van der Waals surface area contributed by atoms with Crippen LogP contribution < -0.4 is 5.32 Å². The van der Waals surface area contributed by atoms with Gasteiger partial charge >= 0.3 is 6.03 Å². The zero-order chi connectivity index (χ0) is 16.0. The van der Waals surface area contributed by atoms with Gasteiger partial charge in [0.15, 0.2) is 6.23 Å². The van der Waals surface area contributed by atoms with E-state index in [0.29, 0.717) is 5.06 Å². The van der Waals surface area contributed by atoms with Crippen LogP contribution in [0.2, 0.25) is 0 Å². The third kappa shape index (κ3) is 6.28. The topological polar surface area (TPSA) is 61.8 Å². The van der Waals surface area contributed by atoms with Crippen LogP contribution in [0, 0.1) is 0 Å². The maximum Gasteiger partial charge on any atom is 0.343 e. The fourth-order valence-corrected chi connectivity index (χ4v) is 1.74. The average Bonchev–Trinajstić information content (AvgIpc) is 2.42. The van der Waals surface area contributed by atoms with E-state index in [1.54, 1.807) is 13.8 Å². The highest BCUT2D eigenvalue weighted by molar-refractivity contribution is 6.68. The minimum absolute atomic E-state index is 0.146. The zero-order valence-corrected chi connectivity index (χ0v) is 13.9. The molecule has 0 radical (unpaired) electrons. The van der Waals surface area contributed by atoms with Crippen molar-refractivity contribution in [1.29, 1.82) is 0 Å². The lowest BCUT2D eigenvalue weighted by atomic mass is 10.2. The summed E-state index contributed by atoms with van der Waals surface area (Å²) in [5, 5.41) is 12.4. The lowest BCUT2D eigenvalue weighted by Gasteiger charge is -2.28. The van der Waals surface area contributed by atoms with E-state index in [-0.39, 0.29) is 6.61 Å². The van der Waals surface area contributed by atoms with Gasteiger partial charge in [-0.1, -0.05) is 65.1 Å². The minimum atomic E-state index is -1.87. The van der Waals surface area contributed by atoms with Gasteiger partial charge in [-0.15, -0.1) is 0 Å². The Bertz CT molecular complexity index is 452. The fraction of sp³-hybridized carbons (Fsp3) is 0.462. The summed E-state index contributed by atoms with van der Waals surface area (Å²) in [5.74, 6) is 0. The predicted molar refractivity (Wildman–Crippen MR) is 82.6 cm³/mol. The van der Waals surface area contributed by atoms with E-state index in [1.807, 2.05) is 30.3 Å². The number of amides is 2. The van der Waals surface area contributed by atoms with Crippen LogP contribution in [0.3, 0.4) is 0 Å². The Kier molecular flexibility index (Phi) is 7.03. The van der Waals surface area contributed by atoms with Crippen molar-refractivity contribution >= 4 is 40.8 Å². The molecule has 0 spiro atoms. The first kappa shape index (κ1) is 18.3. The Labute approximate surface area is 138 Å². The Hall–Kier alpha value is -0.720. The largest absolute Gasteiger partial charge is 0.349 e. The van der Waals surface area contributed by atoms with Crippen LogP contribution in [0.5, 0.6) is 0 Å². The van der Waals surface area contributed by atoms with E-state index >= 15 is 0 Å². The Balaban J connectivity index is 2.67. The van der Waals surface area contributed by atoms with Crippen LogP contribution in [0.15, 0.2) is 30.3 Å². The quantitative estimate of drug-likeness (QED) is 0.366. The molecular formula is C13H17Cl3N2O3. The van der Waals surface area contributed by atoms with Crippen molar-refractivity contribution < 1.29 is 14.7 Å². The highest BCUT2D eigenvalue weighted by Gasteiger charge is 2.36. The second kappa shape index (κ2) is 8.06. The monoisotopic (exact) mass is 354 g/mol. The van der Waals surface area contributed by atoms with E-state index in [9.17, 15) is 10.0 Å². The predicted octanol–water partition coefficient (Wildman–Crippen LogP) is 3.71. The van der Waals surface area contributed by atoms with Crippen molar-refractivity contribution in [1.82, 2.24) is 10.4 Å². The maximum atomic E-state index is 11.8. The summed E-state index contributed by atoms with van der Waals surface area (Å²) < 4.78 is 3.55. The van der Waals surface area contributed by atoms with Crippen LogP contribution in [0.1, 0.15) is 19.4 Å². The SMILES string of the molecule is CC(C)N(O)C(=O)NC(OCc1ccccc1)C(Cl)(Cl)Cl. The summed E-state index contributed by atoms with van der Waals surface area (Å²) in [6, 6.07) is 7.99. The molecule has 1 unspecified atom stereocenters. The molecule has 8 heteroatoms. The molecule has 2 N–H and O–H groups in total. The molecular weight excluding hydrogens is 339 g/mol. The Morgan fingerprint density at radius 1 is 1.33 bits per heavy atom. The van der Waals surface area contributed by atoms with Crippen molar-refractivity contribution in [2.45, 2.75) is 36.5 Å². The first-order valence-electron chi connectivity index (χ1n) is 6.22. The second-order valence-corrected chi connectivity index (χ2v) is 6.98. The lowest BCUT2D eigenvalue weighted by Crippen LogP contribution is -2.51. The summed E-state index contributed by atoms with van der Waals surface area (Å²) in [4.78, 5) is 11.8. The van der Waals surface area contributed by atoms with Gasteiger partial charge in [-0.05, 0) is 19.4 Å². The number of benzene rings is 1. The average molecular weight is 356 g/mol. The fourth-order valence-electron chi connectivity index (χ4n) is 1.38. The molecule has 21 heavy (non-hydrogen) atoms. The van der Waals surface area contributed by atoms with E-state index in [2.05, 4.69) is 5.32 Å². The summed E-state index contributed by atoms with van der Waals surface area (Å²) >= 11 is 17.4. The number of nitrogens with zero attached hydrogens (tertiary/aromatic N) is 1. The molecule has 1 aromatic carbocycles. The molecule has 0 fully saturated rings. The summed E-state index contributed by atoms with van der Waals surface area (Å²) in [7, 11) is 0. The molecule has 0 heterocycles. The summed E-state index contributed by atoms with van der Waals surface area (Å²) in [5.41, 5.74) is 0.857. The molecule has 0 aromatic heterocycles. The number of carbonyl (C=O) groups is 1. The second-order valence-electron chi connectivity index (χ2n) is 4.61. The van der Waals surface area contributed by atoms with Crippen molar-refractivity contribution in [3.63, 3.8) is 0 Å². The highest BCUT2D eigenvalue weighted by Crippen LogP contribution is 2.31. The molecule has 0 aliphatic carbocycles. The van der Waals surface area contributed by atoms with Crippen LogP contribution in [-0.4, -0.2) is 32.4 Å². The molecule has 0 saturated carbocycles. The molecule has 1 aromatic rings. The summed E-state index contributed by atoms with van der Waals surface area (Å²) in [6.07, 6.45) is -1.20. The minimum Gasteiger partial charge on any atom is -0.349 e. The number of alkyl halides is 3. The van der Waals surface area contributed by atoms with E-state index < -0.39 is 22.1 Å². The Morgan fingerprint density at radius 3 is 2.38 bits per heavy atom. The van der Waals surface area contributed by atoms with Crippen LogP contribution in [-0.2, 0) is 11.3 Å². The third-order valence-electron chi connectivity index (χ3n) is 2.51. The number of hydroxylamine groups is 2. The summed E-state index contributed by atoms with van der Waals surface area (Å²) in [6.45, 7) is 3.41. The number of nitrogens with one attached hydrogen (secondary N) is 1. The van der Waals surface area contributed by atoms with Gasteiger partial charge in [0.1, 0.15) is 0 Å². The van der Waals surface area contributed by atoms with Crippen molar-refractivity contribution in [3.05, 3.63) is 35.9 Å². The maximum absolute atomic E-state index is 11.8. The van der Waals surface area contributed by atoms with Crippen LogP contribution in [0.25, 0.3) is 0 Å². The molecule has 1 rings (SSSR count). The first-order chi connectivity index (χ1) is 9.71. The molecule has 0 saturated heterocycles. The zero-order valence-electron chi connectivity index (χ0n) is 11.6. The van der Waals surface area contributed by atoms with E-state index in [0.717, 1.165) is 5.56 Å². The Morgan fingerprint density at radius 2 is 1.90 bits per heavy atom. The number of hydrogen-bond acceptors (Lipinski definition) is 3. The van der Waals surface area contributed by atoms with Gasteiger partial charge in [-0.2, -0.15) is 0 Å². The molecule has 0 aliphatic heterocycles. The third-order valence-corrected chi connectivity index (χ3v) is 3.10. The number of carbonyl (C=O) groups excluding carboxylic acids is 1. The molecule has 5 nitrogen and oxygen atoms in total. The van der Waals surface area contributed by atoms with Gasteiger partial charge < -0.3 is 10.1 Å². The number of hydrogen-bond donors (Lipinski definition) is 2. The van der Waals surface area contributed by atoms with Crippen molar-refractivity contribution in [3.8, 4) is 0 Å². The smallest absolute Gasteiger partial charge is 0.343 e. The number of ether oxygens (including phenoxy) is 1. The van der Waals surface area contributed by atoms with E-state index in [4.69, 9.17) is 39.5 Å². The van der Waals surface area contributed by atoms with Crippen LogP contribution in [0.4, 0.5) is 4.79 Å². The first-order valence-corrected chi connectivity index (χ1v) is 7.36. The number of halogens is 3. The lowest BCUT2D eigenvalue weighted by molar-refractivity contribution is -0.0760. The molecule has 1 atom stereocenters. The number of urea groups is 1. The van der Waals surface area contributed by atoms with E-state index in [1.165, 1.54) is 0 Å². The van der Waals surface area contributed by atoms with Gasteiger partial charge in [-0.3, -0.25) is 5.21 Å². The van der Waals surface area contributed by atoms with Crippen molar-refractivity contribution in [2.24, 2.45) is 0 Å². The molecule has 118 valence electrons. The van der Waals surface area contributed by atoms with Gasteiger partial charge in [0.05, 0.1) is 12.6 Å². The van der Waals surface area contributed by atoms with Gasteiger partial charge in [-0.25, -0.2) is 9.86 Å². The number of rotatable bonds is 5. The van der Waals surface area contributed by atoms with Crippen molar-refractivity contribution in [2.75, 3.05) is 0 Å². The van der Waals surface area contributed by atoms with Crippen LogP contribution >= 0.6 is 34.8 Å². The van der Waals surface area contributed by atoms with Gasteiger partial charge in [0.2, 0.25) is 3.79 Å². The van der Waals surface area contributed by atoms with Gasteiger partial charge in [0, 0.05) is 0 Å².